The van der Waals surface area contributed by atoms with Crippen LogP contribution in [0.1, 0.15) is 22.3 Å². The molecule has 8 heteroatoms. The van der Waals surface area contributed by atoms with Gasteiger partial charge in [0.1, 0.15) is 6.61 Å². The summed E-state index contributed by atoms with van der Waals surface area (Å²) in [5, 5.41) is 2.94. The molecule has 0 aliphatic carbocycles. The summed E-state index contributed by atoms with van der Waals surface area (Å²) in [5.41, 5.74) is 5.43. The van der Waals surface area contributed by atoms with Crippen LogP contribution in [0.15, 0.2) is 30.6 Å². The summed E-state index contributed by atoms with van der Waals surface area (Å²) in [6.45, 7) is 5.63. The molecule has 2 saturated heterocycles. The van der Waals surface area contributed by atoms with Crippen molar-refractivity contribution >= 4 is 29.3 Å². The number of carbonyl (C=O) groups is 2. The third-order valence-corrected chi connectivity index (χ3v) is 5.75. The summed E-state index contributed by atoms with van der Waals surface area (Å²) in [5.74, 6) is -0.110. The van der Waals surface area contributed by atoms with Crippen molar-refractivity contribution in [1.29, 1.82) is 0 Å². The van der Waals surface area contributed by atoms with Crippen molar-refractivity contribution in [1.82, 2.24) is 14.8 Å². The average Bonchev–Trinajstić information content (AvgIpc) is 3.44. The number of hydrogen-bond donors (Lipinski definition) is 2. The Balaban J connectivity index is 1.40. The largest absolute Gasteiger partial charge is 0.448 e. The fourth-order valence-electron chi connectivity index (χ4n) is 4.10. The van der Waals surface area contributed by atoms with Crippen LogP contribution in [0.25, 0.3) is 11.6 Å². The molecule has 3 aliphatic rings. The number of amides is 2. The topological polar surface area (TPSA) is 86.9 Å². The molecule has 30 heavy (non-hydrogen) atoms. The van der Waals surface area contributed by atoms with E-state index in [1.165, 1.54) is 0 Å². The average molecular weight is 408 g/mol. The Morgan fingerprint density at radius 3 is 2.70 bits per heavy atom. The number of aromatic nitrogens is 1. The van der Waals surface area contributed by atoms with Gasteiger partial charge in [-0.2, -0.15) is 0 Å². The van der Waals surface area contributed by atoms with Gasteiger partial charge in [0.15, 0.2) is 0 Å². The van der Waals surface area contributed by atoms with Crippen molar-refractivity contribution in [2.75, 3.05) is 44.8 Å². The molecule has 4 heterocycles. The van der Waals surface area contributed by atoms with Crippen LogP contribution in [-0.2, 0) is 27.4 Å². The normalized spacial score (nSPS) is 20.5. The van der Waals surface area contributed by atoms with E-state index in [9.17, 15) is 9.59 Å². The van der Waals surface area contributed by atoms with Gasteiger partial charge in [0.25, 0.3) is 5.91 Å². The third kappa shape index (κ3) is 3.71. The monoisotopic (exact) mass is 408 g/mol. The number of nitrogens with one attached hydrogen (secondary N) is 2. The molecule has 0 bridgehead atoms. The minimum atomic E-state index is -0.291. The van der Waals surface area contributed by atoms with Crippen molar-refractivity contribution in [3.63, 3.8) is 0 Å². The summed E-state index contributed by atoms with van der Waals surface area (Å²) < 4.78 is 10.4. The van der Waals surface area contributed by atoms with Crippen molar-refractivity contribution in [2.45, 2.75) is 13.1 Å². The maximum atomic E-state index is 12.7. The number of hydrogen-bond acceptors (Lipinski definition) is 5. The number of anilines is 1. The highest BCUT2D eigenvalue weighted by molar-refractivity contribution is 6.35. The summed E-state index contributed by atoms with van der Waals surface area (Å²) in [4.78, 5) is 31.6. The van der Waals surface area contributed by atoms with Crippen molar-refractivity contribution in [2.24, 2.45) is 0 Å². The molecule has 0 radical (unpaired) electrons. The molecular weight excluding hydrogens is 384 g/mol. The molecule has 0 atom stereocenters. The zero-order valence-corrected chi connectivity index (χ0v) is 16.6. The minimum absolute atomic E-state index is 0.110. The lowest BCUT2D eigenvalue weighted by Gasteiger charge is -2.26. The zero-order chi connectivity index (χ0) is 20.5. The molecule has 3 aliphatic heterocycles. The van der Waals surface area contributed by atoms with Crippen molar-refractivity contribution in [3.05, 3.63) is 52.8 Å². The predicted octanol–water partition coefficient (Wildman–Crippen LogP) is 2.29. The minimum Gasteiger partial charge on any atom is -0.448 e. The highest BCUT2D eigenvalue weighted by Gasteiger charge is 2.27. The van der Waals surface area contributed by atoms with E-state index in [0.717, 1.165) is 60.8 Å². The van der Waals surface area contributed by atoms with Crippen LogP contribution in [0.2, 0.25) is 0 Å². The maximum Gasteiger partial charge on any atom is 0.410 e. The molecule has 2 N–H and O–H groups in total. The Hall–Kier alpha value is -3.10. The molecule has 1 aromatic heterocycles. The number of carbonyl (C=O) groups excluding carboxylic acids is 2. The number of aromatic amines is 1. The Labute approximate surface area is 174 Å². The lowest BCUT2D eigenvalue weighted by molar-refractivity contribution is -0.110. The summed E-state index contributed by atoms with van der Waals surface area (Å²) in [6, 6.07) is 5.82. The predicted molar refractivity (Wildman–Crippen MR) is 112 cm³/mol. The van der Waals surface area contributed by atoms with Gasteiger partial charge in [0, 0.05) is 55.4 Å². The lowest BCUT2D eigenvalue weighted by atomic mass is 10.0. The second-order valence-corrected chi connectivity index (χ2v) is 7.75. The first kappa shape index (κ1) is 18.9. The first-order chi connectivity index (χ1) is 14.7. The molecule has 2 amide bonds. The lowest BCUT2D eigenvalue weighted by Crippen LogP contribution is -2.35. The van der Waals surface area contributed by atoms with Gasteiger partial charge >= 0.3 is 6.09 Å². The van der Waals surface area contributed by atoms with Crippen LogP contribution in [0.5, 0.6) is 0 Å². The molecular formula is C22H24N4O4. The number of rotatable bonds is 5. The first-order valence-electron chi connectivity index (χ1n) is 10.2. The summed E-state index contributed by atoms with van der Waals surface area (Å²) in [7, 11) is 0. The van der Waals surface area contributed by atoms with Gasteiger partial charge in [-0.1, -0.05) is 6.07 Å². The molecule has 2 fully saturated rings. The van der Waals surface area contributed by atoms with Crippen molar-refractivity contribution < 1.29 is 19.1 Å². The number of fused-ring (bicyclic) bond motifs is 1. The van der Waals surface area contributed by atoms with Gasteiger partial charge in [-0.15, -0.1) is 0 Å². The number of ether oxygens (including phenoxy) is 2. The van der Waals surface area contributed by atoms with E-state index in [0.29, 0.717) is 25.3 Å². The summed E-state index contributed by atoms with van der Waals surface area (Å²) >= 11 is 0. The number of cyclic esters (lactones) is 1. The van der Waals surface area contributed by atoms with E-state index >= 15 is 0 Å². The second kappa shape index (κ2) is 7.97. The number of benzene rings is 1. The van der Waals surface area contributed by atoms with Crippen molar-refractivity contribution in [3.8, 4) is 0 Å². The van der Waals surface area contributed by atoms with Gasteiger partial charge in [-0.05, 0) is 34.9 Å². The van der Waals surface area contributed by atoms with Gasteiger partial charge < -0.3 is 24.7 Å². The standard InChI is InChI=1S/C22H24N4O4/c27-21-19(10-16-11-23-12-17(16)14-25-3-6-29-7-4-25)18-9-15(1-2-20(18)24-21)13-26-5-8-30-22(26)28/h1-2,9-12,23H,3-8,13-14H2,(H,24,27). The van der Waals surface area contributed by atoms with E-state index in [4.69, 9.17) is 9.47 Å². The number of H-pyrrole nitrogens is 1. The molecule has 0 spiro atoms. The van der Waals surface area contributed by atoms with Crippen LogP contribution in [-0.4, -0.2) is 66.2 Å². The summed E-state index contributed by atoms with van der Waals surface area (Å²) in [6.07, 6.45) is 5.57. The molecule has 8 nitrogen and oxygen atoms in total. The SMILES string of the molecule is O=C1Nc2ccc(CN3CCOC3=O)cc2C1=Cc1c[nH]cc1CN1CCOCC1. The molecule has 0 saturated carbocycles. The van der Waals surface area contributed by atoms with E-state index in [-0.39, 0.29) is 12.0 Å². The fraction of sp³-hybridized carbons (Fsp3) is 0.364. The van der Waals surface area contributed by atoms with E-state index in [1.54, 1.807) is 4.90 Å². The smallest absolute Gasteiger partial charge is 0.410 e. The van der Waals surface area contributed by atoms with E-state index in [1.807, 2.05) is 36.7 Å². The molecule has 5 rings (SSSR count). The molecule has 2 aromatic rings. The van der Waals surface area contributed by atoms with Crippen LogP contribution in [0.3, 0.4) is 0 Å². The van der Waals surface area contributed by atoms with Crippen LogP contribution in [0.4, 0.5) is 10.5 Å². The van der Waals surface area contributed by atoms with Gasteiger partial charge in [0.05, 0.1) is 19.8 Å². The maximum absolute atomic E-state index is 12.7. The Kier molecular flexibility index (Phi) is 5.02. The number of morpholine rings is 1. The van der Waals surface area contributed by atoms with Gasteiger partial charge in [-0.3, -0.25) is 9.69 Å². The quantitative estimate of drug-likeness (QED) is 0.742. The zero-order valence-electron chi connectivity index (χ0n) is 16.6. The second-order valence-electron chi connectivity index (χ2n) is 7.75. The Morgan fingerprint density at radius 2 is 1.90 bits per heavy atom. The van der Waals surface area contributed by atoms with Crippen LogP contribution < -0.4 is 5.32 Å². The third-order valence-electron chi connectivity index (χ3n) is 5.75. The van der Waals surface area contributed by atoms with E-state index < -0.39 is 0 Å². The van der Waals surface area contributed by atoms with Crippen LogP contribution >= 0.6 is 0 Å². The molecule has 0 unspecified atom stereocenters. The first-order valence-corrected chi connectivity index (χ1v) is 10.2. The number of nitrogens with zero attached hydrogens (tertiary/aromatic N) is 2. The highest BCUT2D eigenvalue weighted by Crippen LogP contribution is 2.34. The van der Waals surface area contributed by atoms with Crippen LogP contribution in [0, 0.1) is 0 Å². The molecule has 156 valence electrons. The van der Waals surface area contributed by atoms with Gasteiger partial charge in [-0.25, -0.2) is 4.79 Å². The van der Waals surface area contributed by atoms with Gasteiger partial charge in [0.2, 0.25) is 0 Å². The van der Waals surface area contributed by atoms with E-state index in [2.05, 4.69) is 15.2 Å². The Bertz CT molecular complexity index is 1010. The highest BCUT2D eigenvalue weighted by atomic mass is 16.6. The fourth-order valence-corrected chi connectivity index (χ4v) is 4.10. The molecule has 1 aromatic carbocycles. The Morgan fingerprint density at radius 1 is 1.03 bits per heavy atom.